The molecule has 0 fully saturated rings. The number of anilines is 1. The van der Waals surface area contributed by atoms with E-state index < -0.39 is 34.1 Å². The van der Waals surface area contributed by atoms with Crippen molar-refractivity contribution in [2.45, 2.75) is 71.0 Å². The number of nitrogens with one attached hydrogen (secondary N) is 1. The fourth-order valence-electron chi connectivity index (χ4n) is 4.39. The Hall–Kier alpha value is -3.36. The van der Waals surface area contributed by atoms with Gasteiger partial charge in [-0.05, 0) is 94.1 Å². The lowest BCUT2D eigenvalue weighted by Gasteiger charge is -2.35. The Morgan fingerprint density at radius 1 is 0.950 bits per heavy atom. The number of carbonyl (C=O) groups is 2. The van der Waals surface area contributed by atoms with Crippen molar-refractivity contribution in [3.05, 3.63) is 94.5 Å². The minimum absolute atomic E-state index is 0.00850. The number of rotatable bonds is 10. The molecule has 2 amide bonds. The van der Waals surface area contributed by atoms with Crippen LogP contribution in [-0.2, 0) is 26.2 Å². The zero-order valence-corrected chi connectivity index (χ0v) is 25.5. The maximum absolute atomic E-state index is 14.1. The second-order valence-electron chi connectivity index (χ2n) is 10.9. The van der Waals surface area contributed by atoms with Crippen LogP contribution >= 0.6 is 11.6 Å². The molecule has 1 N–H and O–H groups in total. The number of hydrogen-bond donors (Lipinski definition) is 1. The molecule has 214 valence electrons. The molecule has 3 rings (SSSR count). The van der Waals surface area contributed by atoms with Crippen molar-refractivity contribution >= 4 is 39.1 Å². The van der Waals surface area contributed by atoms with Crippen molar-refractivity contribution in [3.8, 4) is 0 Å². The standard InChI is InChI=1S/C31H38ClN3O4S/c1-7-28(30(37)33-31(4,5)6)34(20-24-13-9-8-12-23(24)3)29(36)21-35(26-14-10-11-22(2)19-26)40(38,39)27-17-15-25(32)16-18-27/h8-19,28H,7,20-21H2,1-6H3,(H,33,37)/t28-/m1/s1. The highest BCUT2D eigenvalue weighted by atomic mass is 35.5. The summed E-state index contributed by atoms with van der Waals surface area (Å²) in [4.78, 5) is 29.1. The van der Waals surface area contributed by atoms with Crippen LogP contribution in [0.15, 0.2) is 77.7 Å². The fourth-order valence-corrected chi connectivity index (χ4v) is 5.92. The summed E-state index contributed by atoms with van der Waals surface area (Å²) in [6.07, 6.45) is 0.355. The third kappa shape index (κ3) is 7.86. The highest BCUT2D eigenvalue weighted by Crippen LogP contribution is 2.27. The molecule has 0 aliphatic rings. The largest absolute Gasteiger partial charge is 0.350 e. The first-order chi connectivity index (χ1) is 18.7. The second-order valence-corrected chi connectivity index (χ2v) is 13.2. The summed E-state index contributed by atoms with van der Waals surface area (Å²) in [5, 5.41) is 3.38. The Kier molecular flexibility index (Phi) is 10.0. The van der Waals surface area contributed by atoms with Gasteiger partial charge in [-0.25, -0.2) is 8.42 Å². The maximum atomic E-state index is 14.1. The molecular weight excluding hydrogens is 546 g/mol. The molecule has 0 heterocycles. The molecular formula is C31H38ClN3O4S. The predicted molar refractivity (Wildman–Crippen MR) is 161 cm³/mol. The number of amides is 2. The molecule has 3 aromatic carbocycles. The van der Waals surface area contributed by atoms with E-state index in [2.05, 4.69) is 5.32 Å². The van der Waals surface area contributed by atoms with Gasteiger partial charge in [0.15, 0.2) is 0 Å². The van der Waals surface area contributed by atoms with Crippen LogP contribution in [0.1, 0.15) is 50.8 Å². The van der Waals surface area contributed by atoms with Gasteiger partial charge in [-0.2, -0.15) is 0 Å². The summed E-state index contributed by atoms with van der Waals surface area (Å²) in [6.45, 7) is 10.9. The van der Waals surface area contributed by atoms with E-state index in [0.29, 0.717) is 17.1 Å². The van der Waals surface area contributed by atoms with E-state index in [1.807, 2.05) is 71.9 Å². The van der Waals surface area contributed by atoms with Crippen LogP contribution in [0.3, 0.4) is 0 Å². The maximum Gasteiger partial charge on any atom is 0.264 e. The fraction of sp³-hybridized carbons (Fsp3) is 0.355. The number of aryl methyl sites for hydroxylation is 2. The van der Waals surface area contributed by atoms with Crippen LogP contribution in [0, 0.1) is 13.8 Å². The monoisotopic (exact) mass is 583 g/mol. The quantitative estimate of drug-likeness (QED) is 0.323. The van der Waals surface area contributed by atoms with Crippen molar-refractivity contribution in [2.24, 2.45) is 0 Å². The Balaban J connectivity index is 2.09. The van der Waals surface area contributed by atoms with Crippen molar-refractivity contribution in [2.75, 3.05) is 10.8 Å². The van der Waals surface area contributed by atoms with Crippen LogP contribution in [0.2, 0.25) is 5.02 Å². The number of sulfonamides is 1. The number of hydrogen-bond acceptors (Lipinski definition) is 4. The summed E-state index contributed by atoms with van der Waals surface area (Å²) in [5.41, 5.74) is 2.53. The van der Waals surface area contributed by atoms with Crippen LogP contribution in [0.5, 0.6) is 0 Å². The Bertz CT molecular complexity index is 1450. The zero-order valence-electron chi connectivity index (χ0n) is 23.9. The van der Waals surface area contributed by atoms with Gasteiger partial charge in [-0.3, -0.25) is 13.9 Å². The van der Waals surface area contributed by atoms with Crippen molar-refractivity contribution in [1.29, 1.82) is 0 Å². The van der Waals surface area contributed by atoms with Gasteiger partial charge in [0, 0.05) is 17.1 Å². The van der Waals surface area contributed by atoms with Gasteiger partial charge in [0.1, 0.15) is 12.6 Å². The van der Waals surface area contributed by atoms with Gasteiger partial charge in [-0.1, -0.05) is 54.9 Å². The molecule has 1 atom stereocenters. The molecule has 0 saturated carbocycles. The van der Waals surface area contributed by atoms with Gasteiger partial charge in [0.05, 0.1) is 10.6 Å². The van der Waals surface area contributed by atoms with Crippen molar-refractivity contribution in [1.82, 2.24) is 10.2 Å². The van der Waals surface area contributed by atoms with Gasteiger partial charge in [0.2, 0.25) is 11.8 Å². The van der Waals surface area contributed by atoms with E-state index in [1.165, 1.54) is 29.2 Å². The van der Waals surface area contributed by atoms with Crippen molar-refractivity contribution < 1.29 is 18.0 Å². The number of carbonyl (C=O) groups excluding carboxylic acids is 2. The molecule has 0 bridgehead atoms. The van der Waals surface area contributed by atoms with Crippen LogP contribution in [0.4, 0.5) is 5.69 Å². The lowest BCUT2D eigenvalue weighted by atomic mass is 10.0. The zero-order chi connectivity index (χ0) is 29.7. The van der Waals surface area contributed by atoms with Crippen LogP contribution in [0.25, 0.3) is 0 Å². The summed E-state index contributed by atoms with van der Waals surface area (Å²) in [5.74, 6) is -0.780. The molecule has 3 aromatic rings. The van der Waals surface area contributed by atoms with Gasteiger partial charge >= 0.3 is 0 Å². The first-order valence-corrected chi connectivity index (χ1v) is 15.1. The number of halogens is 1. The third-order valence-electron chi connectivity index (χ3n) is 6.46. The van der Waals surface area contributed by atoms with E-state index in [4.69, 9.17) is 11.6 Å². The molecule has 0 saturated heterocycles. The Labute approximate surface area is 243 Å². The molecule has 0 aromatic heterocycles. The Morgan fingerprint density at radius 3 is 2.17 bits per heavy atom. The van der Waals surface area contributed by atoms with Crippen molar-refractivity contribution in [3.63, 3.8) is 0 Å². The summed E-state index contributed by atoms with van der Waals surface area (Å²) in [6, 6.07) is 19.6. The number of benzene rings is 3. The minimum atomic E-state index is -4.15. The molecule has 40 heavy (non-hydrogen) atoms. The molecule has 0 aliphatic carbocycles. The average molecular weight is 584 g/mol. The minimum Gasteiger partial charge on any atom is -0.350 e. The SMILES string of the molecule is CC[C@H](C(=O)NC(C)(C)C)N(Cc1ccccc1C)C(=O)CN(c1cccc(C)c1)S(=O)(=O)c1ccc(Cl)cc1. The van der Waals surface area contributed by atoms with E-state index in [0.717, 1.165) is 21.0 Å². The average Bonchev–Trinajstić information content (AvgIpc) is 2.87. The smallest absolute Gasteiger partial charge is 0.264 e. The Morgan fingerprint density at radius 2 is 1.60 bits per heavy atom. The second kappa shape index (κ2) is 12.9. The summed E-state index contributed by atoms with van der Waals surface area (Å²) < 4.78 is 28.9. The first kappa shape index (κ1) is 31.2. The lowest BCUT2D eigenvalue weighted by Crippen LogP contribution is -2.55. The van der Waals surface area contributed by atoms with Crippen LogP contribution in [-0.4, -0.2) is 43.3 Å². The van der Waals surface area contributed by atoms with E-state index in [1.54, 1.807) is 18.2 Å². The van der Waals surface area contributed by atoms with Crippen LogP contribution < -0.4 is 9.62 Å². The summed E-state index contributed by atoms with van der Waals surface area (Å²) in [7, 11) is -4.15. The van der Waals surface area contributed by atoms with E-state index in [-0.39, 0.29) is 17.3 Å². The molecule has 0 spiro atoms. The van der Waals surface area contributed by atoms with E-state index >= 15 is 0 Å². The highest BCUT2D eigenvalue weighted by molar-refractivity contribution is 7.92. The lowest BCUT2D eigenvalue weighted by molar-refractivity contribution is -0.141. The van der Waals surface area contributed by atoms with Gasteiger partial charge < -0.3 is 10.2 Å². The van der Waals surface area contributed by atoms with Gasteiger partial charge in [0.25, 0.3) is 10.0 Å². The predicted octanol–water partition coefficient (Wildman–Crippen LogP) is 5.87. The summed E-state index contributed by atoms with van der Waals surface area (Å²) >= 11 is 6.01. The molecule has 9 heteroatoms. The molecule has 7 nitrogen and oxygen atoms in total. The first-order valence-electron chi connectivity index (χ1n) is 13.2. The molecule has 0 unspecified atom stereocenters. The molecule has 0 radical (unpaired) electrons. The highest BCUT2D eigenvalue weighted by Gasteiger charge is 2.34. The van der Waals surface area contributed by atoms with Gasteiger partial charge in [-0.15, -0.1) is 0 Å². The topological polar surface area (TPSA) is 86.8 Å². The number of nitrogens with zero attached hydrogens (tertiary/aromatic N) is 2. The normalized spacial score (nSPS) is 12.5. The third-order valence-corrected chi connectivity index (χ3v) is 8.50. The van der Waals surface area contributed by atoms with E-state index in [9.17, 15) is 18.0 Å². The molecule has 0 aliphatic heterocycles.